The van der Waals surface area contributed by atoms with Gasteiger partial charge in [-0.15, -0.1) is 0 Å². The van der Waals surface area contributed by atoms with Gasteiger partial charge < -0.3 is 20.5 Å². The summed E-state index contributed by atoms with van der Waals surface area (Å²) in [4.78, 5) is 6.54. The Balaban J connectivity index is 1.86. The molecule has 0 saturated heterocycles. The van der Waals surface area contributed by atoms with Gasteiger partial charge in [-0.2, -0.15) is 0 Å². The number of unbranched alkanes of at least 4 members (excludes halogenated alkanes) is 1. The van der Waals surface area contributed by atoms with Crippen molar-refractivity contribution in [2.45, 2.75) is 30.8 Å². The van der Waals surface area contributed by atoms with Crippen LogP contribution in [0.5, 0.6) is 5.88 Å². The fraction of sp³-hybridized carbons (Fsp3) is 0.267. The fourth-order valence-electron chi connectivity index (χ4n) is 4.92. The van der Waals surface area contributed by atoms with Gasteiger partial charge >= 0.3 is 0 Å². The predicted molar refractivity (Wildman–Crippen MR) is 153 cm³/mol. The number of halogens is 1. The molecule has 1 aromatic heterocycles. The van der Waals surface area contributed by atoms with Gasteiger partial charge in [0, 0.05) is 34.9 Å². The number of guanidine groups is 1. The predicted octanol–water partition coefficient (Wildman–Crippen LogP) is 6.02. The van der Waals surface area contributed by atoms with Crippen molar-refractivity contribution in [3.8, 4) is 5.88 Å². The van der Waals surface area contributed by atoms with Gasteiger partial charge in [0.25, 0.3) is 0 Å². The molecule has 0 spiro atoms. The maximum Gasteiger partial charge on any atom is 0.217 e. The highest BCUT2D eigenvalue weighted by atomic mass is 79.9. The third-order valence-corrected chi connectivity index (χ3v) is 7.36. The molecule has 0 saturated carbocycles. The summed E-state index contributed by atoms with van der Waals surface area (Å²) in [7, 11) is 3.43. The van der Waals surface area contributed by atoms with E-state index in [2.05, 4.69) is 22.0 Å². The van der Waals surface area contributed by atoms with E-state index >= 15 is 0 Å². The number of pyridine rings is 1. The van der Waals surface area contributed by atoms with Crippen LogP contribution in [0.25, 0.3) is 10.9 Å². The van der Waals surface area contributed by atoms with Crippen LogP contribution in [-0.2, 0) is 5.60 Å². The average molecular weight is 562 g/mol. The molecule has 0 aliphatic carbocycles. The Hall–Kier alpha value is -3.42. The number of hydrogen-bond acceptors (Lipinski definition) is 4. The monoisotopic (exact) mass is 560 g/mol. The summed E-state index contributed by atoms with van der Waals surface area (Å²) >= 11 is 3.58. The molecule has 4 N–H and O–H groups in total. The molecule has 0 bridgehead atoms. The van der Waals surface area contributed by atoms with Crippen LogP contribution >= 0.6 is 15.9 Å². The number of nitrogens with one attached hydrogen (secondary N) is 1. The van der Waals surface area contributed by atoms with Gasteiger partial charge in [0.15, 0.2) is 5.96 Å². The summed E-state index contributed by atoms with van der Waals surface area (Å²) in [6, 6.07) is 27.9. The van der Waals surface area contributed by atoms with Crippen molar-refractivity contribution in [2.24, 2.45) is 5.73 Å². The van der Waals surface area contributed by atoms with Gasteiger partial charge in [-0.1, -0.05) is 76.6 Å². The van der Waals surface area contributed by atoms with Crippen molar-refractivity contribution < 1.29 is 9.84 Å². The topological polar surface area (TPSA) is 95.5 Å². The zero-order valence-corrected chi connectivity index (χ0v) is 22.8. The molecule has 0 amide bonds. The van der Waals surface area contributed by atoms with Gasteiger partial charge in [-0.25, -0.2) is 4.98 Å². The van der Waals surface area contributed by atoms with E-state index in [-0.39, 0.29) is 5.96 Å². The number of nitrogens with zero attached hydrogens (tertiary/aromatic N) is 2. The van der Waals surface area contributed by atoms with Crippen LogP contribution in [0.3, 0.4) is 0 Å². The van der Waals surface area contributed by atoms with E-state index in [0.717, 1.165) is 44.9 Å². The molecule has 192 valence electrons. The number of methoxy groups -OCH3 is 1. The number of rotatable bonds is 10. The zero-order valence-electron chi connectivity index (χ0n) is 21.2. The lowest BCUT2D eigenvalue weighted by molar-refractivity contribution is 0.00693. The Kier molecular flexibility index (Phi) is 8.46. The molecule has 2 unspecified atom stereocenters. The van der Waals surface area contributed by atoms with Crippen LogP contribution in [0.4, 0.5) is 0 Å². The third kappa shape index (κ3) is 5.95. The second kappa shape index (κ2) is 11.8. The summed E-state index contributed by atoms with van der Waals surface area (Å²) in [5.74, 6) is 0.0976. The van der Waals surface area contributed by atoms with Crippen molar-refractivity contribution in [1.29, 1.82) is 5.41 Å². The first-order chi connectivity index (χ1) is 17.8. The van der Waals surface area contributed by atoms with Crippen molar-refractivity contribution in [2.75, 3.05) is 20.7 Å². The molecule has 0 aliphatic rings. The lowest BCUT2D eigenvalue weighted by Gasteiger charge is -2.38. The minimum atomic E-state index is -1.24. The molecule has 6 nitrogen and oxygen atoms in total. The molecular weight excluding hydrogens is 528 g/mol. The molecule has 1 heterocycles. The second-order valence-electron chi connectivity index (χ2n) is 9.32. The molecule has 7 heteroatoms. The van der Waals surface area contributed by atoms with Crippen LogP contribution in [0.2, 0.25) is 0 Å². The molecule has 0 aliphatic heterocycles. The Bertz CT molecular complexity index is 1350. The van der Waals surface area contributed by atoms with Crippen LogP contribution in [0, 0.1) is 5.41 Å². The first-order valence-corrected chi connectivity index (χ1v) is 13.1. The molecule has 0 fully saturated rings. The number of benzene rings is 3. The number of ether oxygens (including phenoxy) is 1. The smallest absolute Gasteiger partial charge is 0.217 e. The fourth-order valence-corrected chi connectivity index (χ4v) is 5.30. The van der Waals surface area contributed by atoms with E-state index in [1.54, 1.807) is 12.0 Å². The van der Waals surface area contributed by atoms with Gasteiger partial charge in [0.05, 0.1) is 12.6 Å². The van der Waals surface area contributed by atoms with E-state index in [0.29, 0.717) is 18.8 Å². The van der Waals surface area contributed by atoms with Crippen molar-refractivity contribution >= 4 is 32.8 Å². The zero-order chi connectivity index (χ0) is 26.4. The number of aliphatic hydroxyl groups is 1. The third-order valence-electron chi connectivity index (χ3n) is 6.87. The minimum Gasteiger partial charge on any atom is -0.481 e. The SMILES string of the molecule is COc1nc2ccc(Br)cc2cc1C(c1ccccc1)C(O)(CCCCN(C)C(=N)N)c1ccccc1. The van der Waals surface area contributed by atoms with Crippen molar-refractivity contribution in [3.05, 3.63) is 106 Å². The lowest BCUT2D eigenvalue weighted by atomic mass is 9.71. The van der Waals surface area contributed by atoms with Gasteiger partial charge in [0.1, 0.15) is 5.60 Å². The molecule has 2 atom stereocenters. The number of hydrogen-bond donors (Lipinski definition) is 3. The second-order valence-corrected chi connectivity index (χ2v) is 10.2. The van der Waals surface area contributed by atoms with Gasteiger partial charge in [-0.05, 0) is 54.7 Å². The maximum absolute atomic E-state index is 12.7. The van der Waals surface area contributed by atoms with Crippen LogP contribution in [0.1, 0.15) is 41.9 Å². The summed E-state index contributed by atoms with van der Waals surface area (Å²) < 4.78 is 6.78. The van der Waals surface area contributed by atoms with E-state index in [4.69, 9.17) is 20.9 Å². The van der Waals surface area contributed by atoms with Crippen LogP contribution in [0.15, 0.2) is 89.4 Å². The van der Waals surface area contributed by atoms with E-state index in [9.17, 15) is 5.11 Å². The minimum absolute atomic E-state index is 0.0404. The van der Waals surface area contributed by atoms with E-state index in [1.807, 2.05) is 85.9 Å². The Morgan fingerprint density at radius 3 is 2.38 bits per heavy atom. The largest absolute Gasteiger partial charge is 0.481 e. The van der Waals surface area contributed by atoms with E-state index in [1.165, 1.54) is 0 Å². The molecule has 4 rings (SSSR count). The summed E-state index contributed by atoms with van der Waals surface area (Å²) in [5.41, 5.74) is 7.84. The quantitative estimate of drug-likeness (QED) is 0.125. The Labute approximate surface area is 226 Å². The summed E-state index contributed by atoms with van der Waals surface area (Å²) in [6.45, 7) is 0.644. The van der Waals surface area contributed by atoms with E-state index < -0.39 is 11.5 Å². The summed E-state index contributed by atoms with van der Waals surface area (Å²) in [6.07, 6.45) is 2.02. The average Bonchev–Trinajstić information content (AvgIpc) is 2.91. The first kappa shape index (κ1) is 26.6. The highest BCUT2D eigenvalue weighted by Gasteiger charge is 2.42. The van der Waals surface area contributed by atoms with Gasteiger partial charge in [-0.3, -0.25) is 5.41 Å². The highest BCUT2D eigenvalue weighted by Crippen LogP contribution is 2.48. The summed E-state index contributed by atoms with van der Waals surface area (Å²) in [5, 5.41) is 21.3. The normalized spacial score (nSPS) is 13.6. The molecule has 37 heavy (non-hydrogen) atoms. The number of fused-ring (bicyclic) bond motifs is 1. The van der Waals surface area contributed by atoms with Gasteiger partial charge in [0.2, 0.25) is 5.88 Å². The molecular formula is C30H33BrN4O2. The first-order valence-electron chi connectivity index (χ1n) is 12.4. The Morgan fingerprint density at radius 1 is 1.05 bits per heavy atom. The highest BCUT2D eigenvalue weighted by molar-refractivity contribution is 9.10. The Morgan fingerprint density at radius 2 is 1.73 bits per heavy atom. The standard InChI is InChI=1S/C30H33BrN4O2/c1-35(29(32)33)18-10-9-17-30(36,23-13-7-4-8-14-23)27(21-11-5-3-6-12-21)25-20-22-19-24(31)15-16-26(22)34-28(25)37-2/h3-8,11-16,19-20,27,36H,9-10,17-18H2,1-2H3,(H3,32,33). The maximum atomic E-state index is 12.7. The number of nitrogens with two attached hydrogens (primary N) is 1. The lowest BCUT2D eigenvalue weighted by Crippen LogP contribution is -2.36. The van der Waals surface area contributed by atoms with Crippen LogP contribution < -0.4 is 10.5 Å². The molecule has 0 radical (unpaired) electrons. The van der Waals surface area contributed by atoms with Crippen molar-refractivity contribution in [1.82, 2.24) is 9.88 Å². The molecule has 3 aromatic carbocycles. The van der Waals surface area contributed by atoms with Crippen LogP contribution in [-0.4, -0.2) is 41.7 Å². The molecule has 4 aromatic rings. The number of aromatic nitrogens is 1. The van der Waals surface area contributed by atoms with Crippen molar-refractivity contribution in [3.63, 3.8) is 0 Å².